The lowest BCUT2D eigenvalue weighted by Gasteiger charge is -2.30. The molecule has 1 atom stereocenters. The van der Waals surface area contributed by atoms with E-state index in [-0.39, 0.29) is 5.60 Å². The summed E-state index contributed by atoms with van der Waals surface area (Å²) >= 11 is 0. The van der Waals surface area contributed by atoms with Crippen LogP contribution in [0.4, 0.5) is 0 Å². The van der Waals surface area contributed by atoms with Gasteiger partial charge in [-0.05, 0) is 47.1 Å². The molecule has 0 aromatic heterocycles. The monoisotopic (exact) mass is 293 g/mol. The fourth-order valence-corrected chi connectivity index (χ4v) is 2.17. The zero-order chi connectivity index (χ0) is 16.0. The number of hydrogen-bond acceptors (Lipinski definition) is 3. The second-order valence-corrected chi connectivity index (χ2v) is 7.09. The van der Waals surface area contributed by atoms with E-state index in [9.17, 15) is 5.11 Å². The van der Waals surface area contributed by atoms with Crippen LogP contribution in [0, 0.1) is 6.92 Å². The molecule has 0 radical (unpaired) electrons. The fourth-order valence-electron chi connectivity index (χ4n) is 2.17. The Labute approximate surface area is 129 Å². The van der Waals surface area contributed by atoms with Crippen LogP contribution in [0.3, 0.4) is 0 Å². The molecule has 3 heteroatoms. The Kier molecular flexibility index (Phi) is 6.85. The van der Waals surface area contributed by atoms with Gasteiger partial charge in [0.1, 0.15) is 0 Å². The maximum Gasteiger partial charge on any atom is 0.0900 e. The molecular weight excluding hydrogens is 262 g/mol. The standard InChI is InChI=1S/C18H31NO2/c1-14(2)19(11-16-9-7-8-15(3)10-16)12-17(20)13-21-18(4,5)6/h7-10,14,17,20H,11-13H2,1-6H3/t17-/m1/s1. The Morgan fingerprint density at radius 1 is 1.24 bits per heavy atom. The molecule has 1 N–H and O–H groups in total. The third-order valence-corrected chi connectivity index (χ3v) is 3.35. The molecule has 120 valence electrons. The highest BCUT2D eigenvalue weighted by atomic mass is 16.5. The highest BCUT2D eigenvalue weighted by molar-refractivity contribution is 5.22. The van der Waals surface area contributed by atoms with Gasteiger partial charge in [0, 0.05) is 19.1 Å². The molecule has 1 aromatic rings. The summed E-state index contributed by atoms with van der Waals surface area (Å²) in [5, 5.41) is 10.2. The number of benzene rings is 1. The van der Waals surface area contributed by atoms with Crippen LogP contribution in [0.2, 0.25) is 0 Å². The minimum atomic E-state index is -0.462. The largest absolute Gasteiger partial charge is 0.389 e. The van der Waals surface area contributed by atoms with Crippen molar-refractivity contribution >= 4 is 0 Å². The maximum atomic E-state index is 10.2. The Bertz CT molecular complexity index is 423. The van der Waals surface area contributed by atoms with Crippen molar-refractivity contribution in [2.45, 2.75) is 65.8 Å². The van der Waals surface area contributed by atoms with Crippen molar-refractivity contribution in [3.8, 4) is 0 Å². The number of rotatable bonds is 7. The molecule has 0 unspecified atom stereocenters. The topological polar surface area (TPSA) is 32.7 Å². The number of aryl methyl sites for hydroxylation is 1. The highest BCUT2D eigenvalue weighted by Gasteiger charge is 2.18. The predicted octanol–water partition coefficient (Wildman–Crippen LogP) is 3.38. The summed E-state index contributed by atoms with van der Waals surface area (Å²) in [5.74, 6) is 0. The zero-order valence-electron chi connectivity index (χ0n) is 14.4. The van der Waals surface area contributed by atoms with Gasteiger partial charge in [-0.2, -0.15) is 0 Å². The van der Waals surface area contributed by atoms with E-state index < -0.39 is 6.10 Å². The number of aliphatic hydroxyl groups excluding tert-OH is 1. The summed E-state index contributed by atoms with van der Waals surface area (Å²) in [6.07, 6.45) is -0.462. The van der Waals surface area contributed by atoms with Gasteiger partial charge >= 0.3 is 0 Å². The molecule has 0 aliphatic heterocycles. The van der Waals surface area contributed by atoms with Crippen LogP contribution in [0.1, 0.15) is 45.7 Å². The first kappa shape index (κ1) is 18.1. The van der Waals surface area contributed by atoms with Crippen LogP contribution in [0.15, 0.2) is 24.3 Å². The second kappa shape index (κ2) is 7.92. The van der Waals surface area contributed by atoms with E-state index >= 15 is 0 Å². The number of hydrogen-bond donors (Lipinski definition) is 1. The van der Waals surface area contributed by atoms with Crippen LogP contribution >= 0.6 is 0 Å². The van der Waals surface area contributed by atoms with Crippen molar-refractivity contribution in [1.29, 1.82) is 0 Å². The van der Waals surface area contributed by atoms with Crippen molar-refractivity contribution in [3.05, 3.63) is 35.4 Å². The summed E-state index contributed by atoms with van der Waals surface area (Å²) in [7, 11) is 0. The van der Waals surface area contributed by atoms with E-state index in [2.05, 4.69) is 49.9 Å². The Hall–Kier alpha value is -0.900. The quantitative estimate of drug-likeness (QED) is 0.836. The molecule has 1 aromatic carbocycles. The normalized spacial score (nSPS) is 14.0. The number of ether oxygens (including phenoxy) is 1. The lowest BCUT2D eigenvalue weighted by molar-refractivity contribution is -0.0587. The molecule has 3 nitrogen and oxygen atoms in total. The molecule has 0 saturated heterocycles. The van der Waals surface area contributed by atoms with Crippen molar-refractivity contribution in [2.75, 3.05) is 13.2 Å². The van der Waals surface area contributed by atoms with Crippen molar-refractivity contribution in [3.63, 3.8) is 0 Å². The van der Waals surface area contributed by atoms with E-state index in [1.807, 2.05) is 20.8 Å². The first-order valence-corrected chi connectivity index (χ1v) is 7.79. The molecule has 21 heavy (non-hydrogen) atoms. The first-order valence-electron chi connectivity index (χ1n) is 7.79. The highest BCUT2D eigenvalue weighted by Crippen LogP contribution is 2.12. The van der Waals surface area contributed by atoms with Gasteiger partial charge in [0.05, 0.1) is 18.3 Å². The van der Waals surface area contributed by atoms with E-state index in [1.54, 1.807) is 0 Å². The van der Waals surface area contributed by atoms with Gasteiger partial charge in [0.25, 0.3) is 0 Å². The summed E-state index contributed by atoms with van der Waals surface area (Å²) in [5.41, 5.74) is 2.35. The van der Waals surface area contributed by atoms with Crippen molar-refractivity contribution in [2.24, 2.45) is 0 Å². The van der Waals surface area contributed by atoms with Crippen LogP contribution in [0.5, 0.6) is 0 Å². The van der Waals surface area contributed by atoms with E-state index in [4.69, 9.17) is 4.74 Å². The Morgan fingerprint density at radius 3 is 2.43 bits per heavy atom. The number of aliphatic hydroxyl groups is 1. The lowest BCUT2D eigenvalue weighted by atomic mass is 10.1. The average Bonchev–Trinajstić information content (AvgIpc) is 2.34. The van der Waals surface area contributed by atoms with Gasteiger partial charge in [-0.3, -0.25) is 4.90 Å². The van der Waals surface area contributed by atoms with Crippen LogP contribution in [-0.2, 0) is 11.3 Å². The second-order valence-electron chi connectivity index (χ2n) is 7.09. The van der Waals surface area contributed by atoms with Gasteiger partial charge in [0.2, 0.25) is 0 Å². The average molecular weight is 293 g/mol. The van der Waals surface area contributed by atoms with Gasteiger partial charge in [0.15, 0.2) is 0 Å². The van der Waals surface area contributed by atoms with Crippen LogP contribution in [-0.4, -0.2) is 40.9 Å². The first-order chi connectivity index (χ1) is 9.67. The third kappa shape index (κ3) is 7.60. The smallest absolute Gasteiger partial charge is 0.0900 e. The summed E-state index contributed by atoms with van der Waals surface area (Å²) in [6, 6.07) is 8.92. The molecule has 1 rings (SSSR count). The van der Waals surface area contributed by atoms with E-state index in [0.29, 0.717) is 19.2 Å². The molecule has 0 fully saturated rings. The van der Waals surface area contributed by atoms with Gasteiger partial charge in [-0.25, -0.2) is 0 Å². The van der Waals surface area contributed by atoms with Crippen LogP contribution < -0.4 is 0 Å². The molecule has 0 heterocycles. The molecule has 0 bridgehead atoms. The SMILES string of the molecule is Cc1cccc(CN(C[C@@H](O)COC(C)(C)C)C(C)C)c1. The molecule has 0 saturated carbocycles. The summed E-state index contributed by atoms with van der Waals surface area (Å²) in [6.45, 7) is 14.3. The van der Waals surface area contributed by atoms with Gasteiger partial charge in [-0.1, -0.05) is 29.8 Å². The maximum absolute atomic E-state index is 10.2. The summed E-state index contributed by atoms with van der Waals surface area (Å²) < 4.78 is 5.66. The third-order valence-electron chi connectivity index (χ3n) is 3.35. The summed E-state index contributed by atoms with van der Waals surface area (Å²) in [4.78, 5) is 2.28. The minimum absolute atomic E-state index is 0.208. The Morgan fingerprint density at radius 2 is 1.90 bits per heavy atom. The van der Waals surface area contributed by atoms with Gasteiger partial charge < -0.3 is 9.84 Å². The van der Waals surface area contributed by atoms with E-state index in [1.165, 1.54) is 11.1 Å². The zero-order valence-corrected chi connectivity index (χ0v) is 14.4. The van der Waals surface area contributed by atoms with Crippen molar-refractivity contribution < 1.29 is 9.84 Å². The Balaban J connectivity index is 2.57. The molecular formula is C18H31NO2. The van der Waals surface area contributed by atoms with Gasteiger partial charge in [-0.15, -0.1) is 0 Å². The number of nitrogens with zero attached hydrogens (tertiary/aromatic N) is 1. The lowest BCUT2D eigenvalue weighted by Crippen LogP contribution is -2.40. The molecule has 0 aliphatic rings. The van der Waals surface area contributed by atoms with Crippen molar-refractivity contribution in [1.82, 2.24) is 4.90 Å². The fraction of sp³-hybridized carbons (Fsp3) is 0.667. The van der Waals surface area contributed by atoms with E-state index in [0.717, 1.165) is 6.54 Å². The van der Waals surface area contributed by atoms with Crippen LogP contribution in [0.25, 0.3) is 0 Å². The minimum Gasteiger partial charge on any atom is -0.389 e. The molecule has 0 spiro atoms. The predicted molar refractivity (Wildman–Crippen MR) is 88.4 cm³/mol. The molecule has 0 amide bonds. The molecule has 0 aliphatic carbocycles.